The Balaban J connectivity index is 3.93. The van der Waals surface area contributed by atoms with Crippen LogP contribution in [0.15, 0.2) is 12.2 Å². The summed E-state index contributed by atoms with van der Waals surface area (Å²) in [5, 5.41) is 19.1. The van der Waals surface area contributed by atoms with E-state index >= 15 is 0 Å². The standard InChI is InChI=1S/C38H73O10P/c1-3-5-7-9-11-13-14-15-16-17-18-19-20-22-24-26-28-30-38(42)48-36(32-40)34-46-49(43,44)45-33-35(31-39)47-37(41)29-27-25-23-21-12-10-8-6-4-2/h15-16,35-36,39-40H,3-14,17-34H2,1-2H3,(H,43,44)/b16-15-. The van der Waals surface area contributed by atoms with Crippen molar-refractivity contribution in [3.8, 4) is 0 Å². The van der Waals surface area contributed by atoms with E-state index in [1.54, 1.807) is 0 Å². The molecule has 0 aromatic rings. The third kappa shape index (κ3) is 33.6. The molecule has 0 aliphatic carbocycles. The van der Waals surface area contributed by atoms with E-state index in [0.29, 0.717) is 12.8 Å². The number of phosphoric acid groups is 1. The van der Waals surface area contributed by atoms with E-state index in [-0.39, 0.29) is 12.8 Å². The number of carbonyl (C=O) groups excluding carboxylic acids is 2. The van der Waals surface area contributed by atoms with Gasteiger partial charge in [0.15, 0.2) is 0 Å². The molecule has 0 spiro atoms. The highest BCUT2D eigenvalue weighted by Gasteiger charge is 2.27. The number of aliphatic hydroxyl groups excluding tert-OH is 2. The summed E-state index contributed by atoms with van der Waals surface area (Å²) in [7, 11) is -4.62. The summed E-state index contributed by atoms with van der Waals surface area (Å²) in [4.78, 5) is 34.3. The molecule has 0 saturated heterocycles. The van der Waals surface area contributed by atoms with Crippen molar-refractivity contribution in [1.82, 2.24) is 0 Å². The van der Waals surface area contributed by atoms with Crippen LogP contribution in [0, 0.1) is 0 Å². The number of ether oxygens (including phenoxy) is 2. The van der Waals surface area contributed by atoms with E-state index < -0.39 is 58.4 Å². The summed E-state index contributed by atoms with van der Waals surface area (Å²) in [6.45, 7) is 2.17. The van der Waals surface area contributed by atoms with Crippen molar-refractivity contribution in [2.75, 3.05) is 26.4 Å². The predicted octanol–water partition coefficient (Wildman–Crippen LogP) is 9.67. The fourth-order valence-corrected chi connectivity index (χ4v) is 6.19. The summed E-state index contributed by atoms with van der Waals surface area (Å²) in [5.41, 5.74) is 0. The highest BCUT2D eigenvalue weighted by molar-refractivity contribution is 7.47. The second kappa shape index (κ2) is 35.1. The molecule has 49 heavy (non-hydrogen) atoms. The van der Waals surface area contributed by atoms with Gasteiger partial charge in [0, 0.05) is 12.8 Å². The van der Waals surface area contributed by atoms with Gasteiger partial charge >= 0.3 is 19.8 Å². The molecular weight excluding hydrogens is 647 g/mol. The van der Waals surface area contributed by atoms with Crippen LogP contribution in [0.3, 0.4) is 0 Å². The number of phosphoric ester groups is 1. The molecule has 0 amide bonds. The molecule has 0 aromatic carbocycles. The number of rotatable bonds is 37. The van der Waals surface area contributed by atoms with Gasteiger partial charge in [0.1, 0.15) is 12.2 Å². The summed E-state index contributed by atoms with van der Waals surface area (Å²) in [6, 6.07) is 0. The molecule has 10 nitrogen and oxygen atoms in total. The first-order valence-corrected chi connectivity index (χ1v) is 21.1. The van der Waals surface area contributed by atoms with Crippen molar-refractivity contribution in [3.05, 3.63) is 12.2 Å². The van der Waals surface area contributed by atoms with Gasteiger partial charge in [0.25, 0.3) is 0 Å². The fraction of sp³-hybridized carbons (Fsp3) is 0.895. The highest BCUT2D eigenvalue weighted by atomic mass is 31.2. The summed E-state index contributed by atoms with van der Waals surface area (Å²) in [5.74, 6) is -1.02. The molecule has 3 atom stereocenters. The van der Waals surface area contributed by atoms with Crippen molar-refractivity contribution >= 4 is 19.8 Å². The highest BCUT2D eigenvalue weighted by Crippen LogP contribution is 2.43. The number of hydrogen-bond donors (Lipinski definition) is 3. The molecule has 0 rings (SSSR count). The molecule has 0 bridgehead atoms. The molecule has 3 N–H and O–H groups in total. The summed E-state index contributed by atoms with van der Waals surface area (Å²) >= 11 is 0. The second-order valence-corrected chi connectivity index (χ2v) is 14.7. The van der Waals surface area contributed by atoms with E-state index in [0.717, 1.165) is 44.9 Å². The number of unbranched alkanes of at least 4 members (excludes halogenated alkanes) is 21. The van der Waals surface area contributed by atoms with Crippen molar-refractivity contribution in [2.24, 2.45) is 0 Å². The molecule has 0 heterocycles. The van der Waals surface area contributed by atoms with Crippen LogP contribution >= 0.6 is 7.82 Å². The minimum Gasteiger partial charge on any atom is -0.457 e. The molecule has 0 aliphatic heterocycles. The largest absolute Gasteiger partial charge is 0.472 e. The average Bonchev–Trinajstić information content (AvgIpc) is 3.09. The lowest BCUT2D eigenvalue weighted by molar-refractivity contribution is -0.153. The molecule has 3 unspecified atom stereocenters. The van der Waals surface area contributed by atoms with Gasteiger partial charge in [-0.05, 0) is 38.5 Å². The van der Waals surface area contributed by atoms with Crippen LogP contribution in [0.4, 0.5) is 0 Å². The number of hydrogen-bond acceptors (Lipinski definition) is 9. The lowest BCUT2D eigenvalue weighted by Crippen LogP contribution is -2.28. The number of carbonyl (C=O) groups is 2. The van der Waals surface area contributed by atoms with Crippen LogP contribution in [0.1, 0.15) is 181 Å². The fourth-order valence-electron chi connectivity index (χ4n) is 5.40. The second-order valence-electron chi connectivity index (χ2n) is 13.3. The quantitative estimate of drug-likeness (QED) is 0.0245. The SMILES string of the molecule is CCCCCCCC/C=C\CCCCCCCCCC(=O)OC(CO)COP(=O)(O)OCC(CO)OC(=O)CCCCCCCCCCC. The molecule has 290 valence electrons. The maximum atomic E-state index is 12.3. The van der Waals surface area contributed by atoms with Crippen molar-refractivity contribution in [1.29, 1.82) is 0 Å². The number of allylic oxidation sites excluding steroid dienone is 2. The smallest absolute Gasteiger partial charge is 0.457 e. The zero-order valence-corrected chi connectivity index (χ0v) is 32.1. The van der Waals surface area contributed by atoms with Gasteiger partial charge in [0.2, 0.25) is 0 Å². The molecule has 0 aromatic heterocycles. The van der Waals surface area contributed by atoms with E-state index in [1.807, 2.05) is 0 Å². The first-order chi connectivity index (χ1) is 23.8. The molecular formula is C38H73O10P. The van der Waals surface area contributed by atoms with Crippen LogP contribution in [0.25, 0.3) is 0 Å². The summed E-state index contributed by atoms with van der Waals surface area (Å²) < 4.78 is 32.4. The Morgan fingerprint density at radius 1 is 0.531 bits per heavy atom. The van der Waals surface area contributed by atoms with Crippen molar-refractivity contribution < 1.29 is 47.8 Å². The lowest BCUT2D eigenvalue weighted by Gasteiger charge is -2.20. The summed E-state index contributed by atoms with van der Waals surface area (Å²) in [6.07, 6.45) is 30.5. The monoisotopic (exact) mass is 720 g/mol. The Labute approximate surface area is 298 Å². The third-order valence-electron chi connectivity index (χ3n) is 8.48. The molecule has 0 fully saturated rings. The van der Waals surface area contributed by atoms with Crippen molar-refractivity contribution in [3.63, 3.8) is 0 Å². The van der Waals surface area contributed by atoms with Crippen LogP contribution in [0.2, 0.25) is 0 Å². The predicted molar refractivity (Wildman–Crippen MR) is 196 cm³/mol. The van der Waals surface area contributed by atoms with E-state index in [1.165, 1.54) is 96.3 Å². The molecule has 0 aliphatic rings. The van der Waals surface area contributed by atoms with Crippen LogP contribution in [-0.2, 0) is 32.7 Å². The Morgan fingerprint density at radius 3 is 1.16 bits per heavy atom. The average molecular weight is 721 g/mol. The Hall–Kier alpha value is -1.29. The van der Waals surface area contributed by atoms with Gasteiger partial charge in [-0.3, -0.25) is 18.6 Å². The van der Waals surface area contributed by atoms with Gasteiger partial charge in [-0.1, -0.05) is 142 Å². The zero-order valence-electron chi connectivity index (χ0n) is 31.2. The van der Waals surface area contributed by atoms with Gasteiger partial charge in [0.05, 0.1) is 26.4 Å². The maximum Gasteiger partial charge on any atom is 0.472 e. The molecule has 11 heteroatoms. The van der Waals surface area contributed by atoms with Crippen LogP contribution in [-0.4, -0.2) is 65.7 Å². The van der Waals surface area contributed by atoms with Crippen LogP contribution in [0.5, 0.6) is 0 Å². The maximum absolute atomic E-state index is 12.3. The number of aliphatic hydroxyl groups is 2. The van der Waals surface area contributed by atoms with E-state index in [4.69, 9.17) is 18.5 Å². The first kappa shape index (κ1) is 47.7. The van der Waals surface area contributed by atoms with E-state index in [9.17, 15) is 29.3 Å². The molecule has 0 saturated carbocycles. The minimum absolute atomic E-state index is 0.190. The Morgan fingerprint density at radius 2 is 0.837 bits per heavy atom. The van der Waals surface area contributed by atoms with Gasteiger partial charge in [-0.2, -0.15) is 0 Å². The van der Waals surface area contributed by atoms with Gasteiger partial charge in [-0.15, -0.1) is 0 Å². The van der Waals surface area contributed by atoms with Crippen molar-refractivity contribution in [2.45, 2.75) is 193 Å². The Kier molecular flexibility index (Phi) is 34.2. The third-order valence-corrected chi connectivity index (χ3v) is 9.43. The van der Waals surface area contributed by atoms with Gasteiger partial charge < -0.3 is 24.6 Å². The number of esters is 2. The lowest BCUT2D eigenvalue weighted by atomic mass is 10.1. The molecule has 0 radical (unpaired) electrons. The van der Waals surface area contributed by atoms with Crippen LogP contribution < -0.4 is 0 Å². The minimum atomic E-state index is -4.62. The Bertz CT molecular complexity index is 837. The normalized spacial score (nSPS) is 14.1. The first-order valence-electron chi connectivity index (χ1n) is 19.6. The van der Waals surface area contributed by atoms with E-state index in [2.05, 4.69) is 26.0 Å². The van der Waals surface area contributed by atoms with Gasteiger partial charge in [-0.25, -0.2) is 4.57 Å². The topological polar surface area (TPSA) is 149 Å². The zero-order chi connectivity index (χ0) is 36.3.